The number of rotatable bonds is 31. The van der Waals surface area contributed by atoms with E-state index in [0.29, 0.717) is 30.7 Å². The first kappa shape index (κ1) is 51.1. The van der Waals surface area contributed by atoms with Crippen molar-refractivity contribution in [2.45, 2.75) is 114 Å². The van der Waals surface area contributed by atoms with Crippen LogP contribution in [0.1, 0.15) is 77.0 Å². The van der Waals surface area contributed by atoms with Crippen LogP contribution in [-0.2, 0) is 18.9 Å². The van der Waals surface area contributed by atoms with E-state index in [9.17, 15) is 20.4 Å². The second kappa shape index (κ2) is 27.0. The van der Waals surface area contributed by atoms with Crippen LogP contribution in [0.15, 0.2) is 50.6 Å². The molecule has 12 heteroatoms. The van der Waals surface area contributed by atoms with Crippen molar-refractivity contribution in [2.75, 3.05) is 138 Å². The van der Waals surface area contributed by atoms with Gasteiger partial charge >= 0.3 is 0 Å². The highest BCUT2D eigenvalue weighted by Gasteiger charge is 2.36. The van der Waals surface area contributed by atoms with Crippen molar-refractivity contribution in [1.29, 1.82) is 0 Å². The molecule has 7 unspecified atom stereocenters. The van der Waals surface area contributed by atoms with Crippen LogP contribution < -0.4 is 0 Å². The summed E-state index contributed by atoms with van der Waals surface area (Å²) in [5, 5.41) is 45.7. The Morgan fingerprint density at radius 2 is 0.767 bits per heavy atom. The van der Waals surface area contributed by atoms with Crippen molar-refractivity contribution in [1.82, 2.24) is 0 Å². The fraction of sp³-hybridized carbons (Fsp3) is 0.812. The summed E-state index contributed by atoms with van der Waals surface area (Å²) in [4.78, 5) is 0. The Morgan fingerprint density at radius 3 is 1.12 bits per heavy atom. The predicted octanol–water partition coefficient (Wildman–Crippen LogP) is 4.14. The first-order chi connectivity index (χ1) is 29.0. The topological polar surface area (TPSA) is 118 Å². The summed E-state index contributed by atoms with van der Waals surface area (Å²) < 4.78 is 28.9. The van der Waals surface area contributed by atoms with Crippen LogP contribution in [0.25, 0.3) is 0 Å². The van der Waals surface area contributed by atoms with E-state index in [0.717, 1.165) is 143 Å². The zero-order valence-corrected chi connectivity index (χ0v) is 37.7. The van der Waals surface area contributed by atoms with Gasteiger partial charge in [0.25, 0.3) is 0 Å². The van der Waals surface area contributed by atoms with E-state index in [1.807, 2.05) is 24.3 Å². The Bertz CT molecular complexity index is 1120. The molecule has 4 saturated heterocycles. The highest BCUT2D eigenvalue weighted by atomic mass is 16.6. The summed E-state index contributed by atoms with van der Waals surface area (Å²) in [7, 11) is 0. The van der Waals surface area contributed by atoms with Gasteiger partial charge in [0.1, 0.15) is 56.3 Å². The normalized spacial score (nSPS) is 25.9. The fourth-order valence-corrected chi connectivity index (χ4v) is 11.0. The summed E-state index contributed by atoms with van der Waals surface area (Å²) in [6.07, 6.45) is 17.4. The Morgan fingerprint density at radius 1 is 0.417 bits per heavy atom. The quantitative estimate of drug-likeness (QED) is 0.0468. The zero-order chi connectivity index (χ0) is 43.2. The molecule has 4 aliphatic rings. The molecule has 4 heterocycles. The van der Waals surface area contributed by atoms with E-state index in [4.69, 9.17) is 18.9 Å². The molecule has 0 aromatic rings. The highest BCUT2D eigenvalue weighted by Crippen LogP contribution is 2.25. The van der Waals surface area contributed by atoms with Crippen LogP contribution in [0, 0.1) is 6.54 Å². The van der Waals surface area contributed by atoms with E-state index in [-0.39, 0.29) is 39.6 Å². The zero-order valence-electron chi connectivity index (χ0n) is 37.7. The third-order valence-electron chi connectivity index (χ3n) is 13.9. The van der Waals surface area contributed by atoms with Crippen molar-refractivity contribution in [3.8, 4) is 0 Å². The summed E-state index contributed by atoms with van der Waals surface area (Å²) in [6, 6.07) is 0. The van der Waals surface area contributed by atoms with Gasteiger partial charge in [0.05, 0.1) is 118 Å². The summed E-state index contributed by atoms with van der Waals surface area (Å²) in [6.45, 7) is 31.5. The standard InChI is InChI=1S/C48H89N4O8/c1-5-21-49(25-13-9-14-26-49)33-43(53)37-57-41-47(59-39-45(55)35-51(23-7-3)29-17-11-18-30-51)48(60-40-46(56)36-52(24-8-4)31-19-12-20-32-52)42-58-38-44(54)34-50(22-6-2)27-15-10-16-28-50/h5-8,29,43-48,53-56H,1-4,9-28,30-42H2/q+3. The van der Waals surface area contributed by atoms with Crippen LogP contribution in [0.5, 0.6) is 0 Å². The molecule has 60 heavy (non-hydrogen) atoms. The number of nitrogens with zero attached hydrogens (tertiary/aromatic N) is 4. The molecule has 4 N–H and O–H groups in total. The van der Waals surface area contributed by atoms with Crippen LogP contribution in [0.3, 0.4) is 0 Å². The van der Waals surface area contributed by atoms with Crippen molar-refractivity contribution in [3.05, 3.63) is 57.2 Å². The lowest BCUT2D eigenvalue weighted by molar-refractivity contribution is -0.930. The lowest BCUT2D eigenvalue weighted by Gasteiger charge is -2.51. The maximum absolute atomic E-state index is 11.5. The minimum Gasteiger partial charge on any atom is -0.449 e. The fourth-order valence-electron chi connectivity index (χ4n) is 11.0. The molecule has 4 rings (SSSR count). The van der Waals surface area contributed by atoms with Crippen LogP contribution in [0.4, 0.5) is 0 Å². The largest absolute Gasteiger partial charge is 0.449 e. The van der Waals surface area contributed by atoms with Gasteiger partial charge in [-0.1, -0.05) is 32.7 Å². The molecular formula is C48H89N4O8+3. The minimum atomic E-state index is -0.750. The number of piperidine rings is 4. The summed E-state index contributed by atoms with van der Waals surface area (Å²) in [5.74, 6) is 0. The van der Waals surface area contributed by atoms with Gasteiger partial charge < -0.3 is 57.3 Å². The third kappa shape index (κ3) is 17.2. The molecule has 4 fully saturated rings. The average molecular weight is 850 g/mol. The second-order valence-electron chi connectivity index (χ2n) is 19.2. The Labute approximate surface area is 365 Å². The molecule has 0 amide bonds. The van der Waals surface area contributed by atoms with Gasteiger partial charge in [-0.25, -0.2) is 0 Å². The monoisotopic (exact) mass is 850 g/mol. The molecule has 346 valence electrons. The van der Waals surface area contributed by atoms with E-state index < -0.39 is 36.6 Å². The van der Waals surface area contributed by atoms with Crippen molar-refractivity contribution in [3.63, 3.8) is 0 Å². The number of likely N-dealkylation sites (tertiary alicyclic amines) is 4. The van der Waals surface area contributed by atoms with Gasteiger partial charge in [0.2, 0.25) is 0 Å². The smallest absolute Gasteiger partial charge is 0.126 e. The molecule has 0 aliphatic carbocycles. The molecule has 0 aromatic carbocycles. The number of quaternary nitrogens is 4. The molecule has 0 spiro atoms. The first-order valence-corrected chi connectivity index (χ1v) is 23.8. The number of aliphatic hydroxyl groups excluding tert-OH is 4. The Kier molecular flexibility index (Phi) is 23.0. The Hall–Kier alpha value is -1.52. The maximum Gasteiger partial charge on any atom is 0.126 e. The van der Waals surface area contributed by atoms with Gasteiger partial charge in [0.15, 0.2) is 0 Å². The van der Waals surface area contributed by atoms with Gasteiger partial charge in [-0.15, -0.1) is 13.0 Å². The molecule has 12 nitrogen and oxygen atoms in total. The predicted molar refractivity (Wildman–Crippen MR) is 240 cm³/mol. The van der Waals surface area contributed by atoms with Gasteiger partial charge in [-0.05, 0) is 88.5 Å². The summed E-state index contributed by atoms with van der Waals surface area (Å²) in [5.41, 5.74) is 0. The van der Waals surface area contributed by atoms with E-state index in [1.165, 1.54) is 19.3 Å². The molecule has 0 saturated carbocycles. The molecule has 0 aromatic heterocycles. The van der Waals surface area contributed by atoms with Crippen molar-refractivity contribution in [2.24, 2.45) is 0 Å². The average Bonchev–Trinajstić information content (AvgIpc) is 3.22. The van der Waals surface area contributed by atoms with Crippen LogP contribution in [-0.4, -0.2) is 213 Å². The molecular weight excluding hydrogens is 761 g/mol. The van der Waals surface area contributed by atoms with Crippen molar-refractivity contribution < 1.29 is 57.3 Å². The van der Waals surface area contributed by atoms with Crippen LogP contribution >= 0.6 is 0 Å². The minimum absolute atomic E-state index is 0.0623. The van der Waals surface area contributed by atoms with Gasteiger partial charge in [-0.2, -0.15) is 0 Å². The lowest BCUT2D eigenvalue weighted by atomic mass is 10.1. The highest BCUT2D eigenvalue weighted by molar-refractivity contribution is 4.78. The third-order valence-corrected chi connectivity index (χ3v) is 13.9. The number of ether oxygens (including phenoxy) is 4. The SMILES string of the molecule is C=CC[N+]1(CC(O)COC(COCC(O)C[N+]2(CC=C)CCCCC2)C(COCC(O)C[N+]2(CC=C)CCCCC2)OCC(O)C[N+]2(CC=C)CCCCC2)[CH-]CCCC1. The first-order valence-electron chi connectivity index (χ1n) is 23.8. The number of aliphatic hydroxyl groups is 4. The van der Waals surface area contributed by atoms with E-state index >= 15 is 0 Å². The lowest BCUT2D eigenvalue weighted by Crippen LogP contribution is -2.56. The molecule has 4 aliphatic heterocycles. The Balaban J connectivity index is 1.49. The van der Waals surface area contributed by atoms with E-state index in [2.05, 4.69) is 32.9 Å². The number of hydrogen-bond donors (Lipinski definition) is 4. The number of hydrogen-bond acceptors (Lipinski definition) is 8. The van der Waals surface area contributed by atoms with Crippen molar-refractivity contribution >= 4 is 0 Å². The second-order valence-corrected chi connectivity index (χ2v) is 19.2. The maximum atomic E-state index is 11.5. The molecule has 7 atom stereocenters. The molecule has 0 bridgehead atoms. The van der Waals surface area contributed by atoms with Gasteiger partial charge in [0, 0.05) is 0 Å². The summed E-state index contributed by atoms with van der Waals surface area (Å²) >= 11 is 0. The van der Waals surface area contributed by atoms with E-state index in [1.54, 1.807) is 0 Å². The van der Waals surface area contributed by atoms with Gasteiger partial charge in [-0.3, -0.25) is 0 Å². The molecule has 0 radical (unpaired) electrons. The van der Waals surface area contributed by atoms with Crippen LogP contribution in [0.2, 0.25) is 0 Å².